The number of imidazole rings is 1. The van der Waals surface area contributed by atoms with E-state index in [1.807, 2.05) is 30.7 Å². The Hall–Kier alpha value is -2.44. The van der Waals surface area contributed by atoms with E-state index in [0.717, 1.165) is 30.3 Å². The molecular formula is C18H26N6O. The van der Waals surface area contributed by atoms with Crippen molar-refractivity contribution < 1.29 is 4.79 Å². The van der Waals surface area contributed by atoms with Gasteiger partial charge in [0.25, 0.3) is 0 Å². The van der Waals surface area contributed by atoms with E-state index < -0.39 is 0 Å². The van der Waals surface area contributed by atoms with Gasteiger partial charge in [-0.15, -0.1) is 0 Å². The lowest BCUT2D eigenvalue weighted by Gasteiger charge is -2.20. The molecule has 2 heterocycles. The summed E-state index contributed by atoms with van der Waals surface area (Å²) in [7, 11) is 0. The zero-order valence-electron chi connectivity index (χ0n) is 15.0. The molecule has 1 aliphatic rings. The number of rotatable bonds is 6. The molecule has 0 aromatic carbocycles. The number of nitrogens with one attached hydrogen (secondary N) is 2. The summed E-state index contributed by atoms with van der Waals surface area (Å²) in [6.45, 7) is 5.03. The van der Waals surface area contributed by atoms with Crippen LogP contribution < -0.4 is 10.6 Å². The number of amides is 1. The van der Waals surface area contributed by atoms with Crippen molar-refractivity contribution in [3.05, 3.63) is 30.1 Å². The summed E-state index contributed by atoms with van der Waals surface area (Å²) in [5.74, 6) is 3.50. The van der Waals surface area contributed by atoms with Crippen molar-refractivity contribution in [3.8, 4) is 5.82 Å². The number of carbonyl (C=O) groups is 1. The topological polar surface area (TPSA) is 84.7 Å². The molecule has 1 aliphatic carbocycles. The van der Waals surface area contributed by atoms with Gasteiger partial charge in [0, 0.05) is 37.5 Å². The molecule has 0 bridgehead atoms. The number of hydrogen-bond acceptors (Lipinski definition) is 5. The Labute approximate surface area is 148 Å². The van der Waals surface area contributed by atoms with Crippen molar-refractivity contribution in [2.45, 2.75) is 46.0 Å². The van der Waals surface area contributed by atoms with Gasteiger partial charge in [-0.05, 0) is 26.7 Å². The Morgan fingerprint density at radius 3 is 2.72 bits per heavy atom. The van der Waals surface area contributed by atoms with Crippen LogP contribution in [0.5, 0.6) is 0 Å². The predicted molar refractivity (Wildman–Crippen MR) is 96.7 cm³/mol. The fraction of sp³-hybridized carbons (Fsp3) is 0.556. The minimum atomic E-state index is 0.190. The highest BCUT2D eigenvalue weighted by molar-refractivity contribution is 5.78. The highest BCUT2D eigenvalue weighted by Crippen LogP contribution is 2.23. The van der Waals surface area contributed by atoms with Gasteiger partial charge in [0.1, 0.15) is 23.3 Å². The van der Waals surface area contributed by atoms with Crippen LogP contribution in [0.4, 0.5) is 5.82 Å². The van der Waals surface area contributed by atoms with Gasteiger partial charge in [-0.3, -0.25) is 9.36 Å². The molecule has 2 aromatic rings. The van der Waals surface area contributed by atoms with Gasteiger partial charge in [-0.1, -0.05) is 19.3 Å². The van der Waals surface area contributed by atoms with Gasteiger partial charge in [-0.25, -0.2) is 15.0 Å². The molecular weight excluding hydrogens is 316 g/mol. The van der Waals surface area contributed by atoms with E-state index in [9.17, 15) is 4.79 Å². The summed E-state index contributed by atoms with van der Waals surface area (Å²) in [5.41, 5.74) is 0. The van der Waals surface area contributed by atoms with Crippen LogP contribution in [0.3, 0.4) is 0 Å². The van der Waals surface area contributed by atoms with Crippen molar-refractivity contribution in [3.63, 3.8) is 0 Å². The first-order valence-corrected chi connectivity index (χ1v) is 9.01. The maximum atomic E-state index is 12.1. The van der Waals surface area contributed by atoms with Crippen LogP contribution in [-0.4, -0.2) is 38.5 Å². The number of aromatic nitrogens is 4. The first-order chi connectivity index (χ1) is 12.1. The lowest BCUT2D eigenvalue weighted by molar-refractivity contribution is -0.125. The summed E-state index contributed by atoms with van der Waals surface area (Å²) >= 11 is 0. The number of nitrogens with zero attached hydrogens (tertiary/aromatic N) is 4. The lowest BCUT2D eigenvalue weighted by Crippen LogP contribution is -2.35. The van der Waals surface area contributed by atoms with E-state index in [4.69, 9.17) is 0 Å². The molecule has 2 aromatic heterocycles. The first kappa shape index (κ1) is 17.4. The molecule has 3 rings (SSSR count). The average molecular weight is 342 g/mol. The third kappa shape index (κ3) is 4.55. The highest BCUT2D eigenvalue weighted by Gasteiger charge is 2.20. The third-order valence-electron chi connectivity index (χ3n) is 4.60. The molecule has 0 spiro atoms. The van der Waals surface area contributed by atoms with Crippen LogP contribution in [-0.2, 0) is 4.79 Å². The van der Waals surface area contributed by atoms with Gasteiger partial charge in [0.05, 0.1) is 0 Å². The normalized spacial score (nSPS) is 15.1. The molecule has 25 heavy (non-hydrogen) atoms. The third-order valence-corrected chi connectivity index (χ3v) is 4.60. The number of aryl methyl sites for hydroxylation is 2. The summed E-state index contributed by atoms with van der Waals surface area (Å²) < 4.78 is 1.92. The minimum Gasteiger partial charge on any atom is -0.368 e. The van der Waals surface area contributed by atoms with E-state index in [2.05, 4.69) is 25.6 Å². The highest BCUT2D eigenvalue weighted by atomic mass is 16.1. The van der Waals surface area contributed by atoms with Crippen LogP contribution in [0, 0.1) is 19.8 Å². The molecule has 0 radical (unpaired) electrons. The standard InChI is InChI=1S/C18H26N6O/c1-13-22-16(12-17(23-13)24-11-10-19-14(24)2)20-8-9-21-18(25)15-6-4-3-5-7-15/h10-12,15H,3-9H2,1-2H3,(H,21,25)(H,20,22,23). The lowest BCUT2D eigenvalue weighted by atomic mass is 9.89. The van der Waals surface area contributed by atoms with Gasteiger partial charge < -0.3 is 10.6 Å². The van der Waals surface area contributed by atoms with Crippen molar-refractivity contribution in [2.24, 2.45) is 5.92 Å². The van der Waals surface area contributed by atoms with E-state index >= 15 is 0 Å². The van der Waals surface area contributed by atoms with E-state index in [1.54, 1.807) is 6.20 Å². The van der Waals surface area contributed by atoms with E-state index in [0.29, 0.717) is 18.9 Å². The fourth-order valence-corrected chi connectivity index (χ4v) is 3.27. The summed E-state index contributed by atoms with van der Waals surface area (Å²) in [6.07, 6.45) is 9.29. The number of anilines is 1. The largest absolute Gasteiger partial charge is 0.368 e. The first-order valence-electron chi connectivity index (χ1n) is 9.01. The molecule has 7 heteroatoms. The predicted octanol–water partition coefficient (Wildman–Crippen LogP) is 2.39. The molecule has 1 amide bonds. The smallest absolute Gasteiger partial charge is 0.223 e. The molecule has 134 valence electrons. The van der Waals surface area contributed by atoms with E-state index in [-0.39, 0.29) is 11.8 Å². The van der Waals surface area contributed by atoms with E-state index in [1.165, 1.54) is 19.3 Å². The monoisotopic (exact) mass is 342 g/mol. The quantitative estimate of drug-likeness (QED) is 0.788. The van der Waals surface area contributed by atoms with Crippen molar-refractivity contribution in [1.29, 1.82) is 0 Å². The maximum Gasteiger partial charge on any atom is 0.223 e. The Kier molecular flexibility index (Phi) is 5.63. The van der Waals surface area contributed by atoms with Crippen molar-refractivity contribution in [1.82, 2.24) is 24.8 Å². The van der Waals surface area contributed by atoms with Crippen molar-refractivity contribution >= 4 is 11.7 Å². The average Bonchev–Trinajstić information content (AvgIpc) is 3.05. The number of hydrogen-bond donors (Lipinski definition) is 2. The molecule has 7 nitrogen and oxygen atoms in total. The minimum absolute atomic E-state index is 0.190. The number of carbonyl (C=O) groups excluding carboxylic acids is 1. The van der Waals surface area contributed by atoms with Crippen LogP contribution in [0.25, 0.3) is 5.82 Å². The van der Waals surface area contributed by atoms with Crippen molar-refractivity contribution in [2.75, 3.05) is 18.4 Å². The Balaban J connectivity index is 1.52. The molecule has 1 fully saturated rings. The molecule has 2 N–H and O–H groups in total. The Morgan fingerprint density at radius 1 is 1.20 bits per heavy atom. The van der Waals surface area contributed by atoms with Gasteiger partial charge >= 0.3 is 0 Å². The summed E-state index contributed by atoms with van der Waals surface area (Å²) in [4.78, 5) is 25.2. The summed E-state index contributed by atoms with van der Waals surface area (Å²) in [5, 5.41) is 6.29. The van der Waals surface area contributed by atoms with Crippen LogP contribution in [0.1, 0.15) is 43.8 Å². The second kappa shape index (κ2) is 8.09. The SMILES string of the molecule is Cc1nc(NCCNC(=O)C2CCCCC2)cc(-n2ccnc2C)n1. The molecule has 0 saturated heterocycles. The molecule has 0 aliphatic heterocycles. The molecule has 1 saturated carbocycles. The second-order valence-electron chi connectivity index (χ2n) is 6.56. The van der Waals surface area contributed by atoms with Crippen LogP contribution >= 0.6 is 0 Å². The molecule has 0 atom stereocenters. The summed E-state index contributed by atoms with van der Waals surface area (Å²) in [6, 6.07) is 1.89. The fourth-order valence-electron chi connectivity index (χ4n) is 3.27. The maximum absolute atomic E-state index is 12.1. The zero-order chi connectivity index (χ0) is 17.6. The second-order valence-corrected chi connectivity index (χ2v) is 6.56. The van der Waals surface area contributed by atoms with Gasteiger partial charge in [0.15, 0.2) is 0 Å². The van der Waals surface area contributed by atoms with Gasteiger partial charge in [0.2, 0.25) is 5.91 Å². The van der Waals surface area contributed by atoms with Gasteiger partial charge in [-0.2, -0.15) is 0 Å². The zero-order valence-corrected chi connectivity index (χ0v) is 15.0. The Morgan fingerprint density at radius 2 is 2.00 bits per heavy atom. The molecule has 0 unspecified atom stereocenters. The van der Waals surface area contributed by atoms with Crippen LogP contribution in [0.2, 0.25) is 0 Å². The van der Waals surface area contributed by atoms with Crippen LogP contribution in [0.15, 0.2) is 18.5 Å². The Bertz CT molecular complexity index is 720.